The summed E-state index contributed by atoms with van der Waals surface area (Å²) in [5.74, 6) is 0. The van der Waals surface area contributed by atoms with Gasteiger partial charge in [0.15, 0.2) is 0 Å². The van der Waals surface area contributed by atoms with Gasteiger partial charge in [-0.2, -0.15) is 0 Å². The minimum Gasteiger partial charge on any atom is -0.0956 e. The summed E-state index contributed by atoms with van der Waals surface area (Å²) >= 11 is 0. The molecule has 0 heteroatoms. The second-order valence-corrected chi connectivity index (χ2v) is 4.13. The molecule has 0 aliphatic heterocycles. The molecule has 0 rings (SSSR count). The fourth-order valence-electron chi connectivity index (χ4n) is 1.48. The molecule has 0 fully saturated rings. The van der Waals surface area contributed by atoms with E-state index in [1.807, 2.05) is 0 Å². The van der Waals surface area contributed by atoms with Crippen molar-refractivity contribution in [1.29, 1.82) is 0 Å². The van der Waals surface area contributed by atoms with Crippen molar-refractivity contribution in [2.75, 3.05) is 0 Å². The summed E-state index contributed by atoms with van der Waals surface area (Å²) in [6.45, 7) is 12.5. The topological polar surface area (TPSA) is 0 Å². The van der Waals surface area contributed by atoms with Gasteiger partial charge in [-0.1, -0.05) is 64.0 Å². The molecule has 0 radical (unpaired) electrons. The molecule has 0 unspecified atom stereocenters. The van der Waals surface area contributed by atoms with Gasteiger partial charge in [-0.05, 0) is 31.3 Å². The second kappa shape index (κ2) is 9.76. The summed E-state index contributed by atoms with van der Waals surface area (Å²) in [5.41, 5.74) is 2.42. The third kappa shape index (κ3) is 8.23. The molecular formula is C15H26. The van der Waals surface area contributed by atoms with E-state index in [1.54, 1.807) is 0 Å². The highest BCUT2D eigenvalue weighted by Gasteiger charge is 1.96. The van der Waals surface area contributed by atoms with Crippen molar-refractivity contribution in [3.05, 3.63) is 36.5 Å². The van der Waals surface area contributed by atoms with Gasteiger partial charge in [-0.3, -0.25) is 0 Å². The largest absolute Gasteiger partial charge is 0.0956 e. The molecule has 0 heterocycles. The molecule has 0 aromatic rings. The lowest BCUT2D eigenvalue weighted by atomic mass is 10.0. The lowest BCUT2D eigenvalue weighted by Gasteiger charge is -2.04. The first-order chi connectivity index (χ1) is 7.22. The molecule has 0 spiro atoms. The van der Waals surface area contributed by atoms with Gasteiger partial charge in [-0.15, -0.1) is 0 Å². The number of unbranched alkanes of at least 4 members (excludes halogenated alkanes) is 3. The first-order valence-electron chi connectivity index (χ1n) is 6.23. The number of hydrogen-bond donors (Lipinski definition) is 0. The van der Waals surface area contributed by atoms with Crippen LogP contribution < -0.4 is 0 Å². The second-order valence-electron chi connectivity index (χ2n) is 4.13. The van der Waals surface area contributed by atoms with E-state index in [2.05, 4.69) is 39.2 Å². The van der Waals surface area contributed by atoms with Crippen LogP contribution in [-0.2, 0) is 0 Å². The summed E-state index contributed by atoms with van der Waals surface area (Å²) in [5, 5.41) is 0. The van der Waals surface area contributed by atoms with E-state index in [1.165, 1.54) is 36.8 Å². The molecule has 0 aliphatic rings. The van der Waals surface area contributed by atoms with E-state index in [-0.39, 0.29) is 0 Å². The first kappa shape index (κ1) is 14.2. The van der Waals surface area contributed by atoms with Gasteiger partial charge in [0.2, 0.25) is 0 Å². The van der Waals surface area contributed by atoms with Crippen molar-refractivity contribution >= 4 is 0 Å². The van der Waals surface area contributed by atoms with Gasteiger partial charge < -0.3 is 0 Å². The summed E-state index contributed by atoms with van der Waals surface area (Å²) in [7, 11) is 0. The van der Waals surface area contributed by atoms with E-state index in [9.17, 15) is 0 Å². The van der Waals surface area contributed by atoms with Crippen LogP contribution in [0.25, 0.3) is 0 Å². The quantitative estimate of drug-likeness (QED) is 0.268. The maximum absolute atomic E-state index is 4.06. The van der Waals surface area contributed by atoms with Crippen LogP contribution in [0.1, 0.15) is 58.8 Å². The molecule has 0 aromatic heterocycles. The van der Waals surface area contributed by atoms with Crippen LogP contribution in [0.5, 0.6) is 0 Å². The van der Waals surface area contributed by atoms with Gasteiger partial charge >= 0.3 is 0 Å². The predicted octanol–water partition coefficient (Wildman–Crippen LogP) is 5.43. The van der Waals surface area contributed by atoms with Crippen LogP contribution in [0, 0.1) is 0 Å². The van der Waals surface area contributed by atoms with Crippen LogP contribution in [-0.4, -0.2) is 0 Å². The zero-order chi connectivity index (χ0) is 11.5. The normalized spacial score (nSPS) is 10.8. The van der Waals surface area contributed by atoms with Crippen molar-refractivity contribution in [3.63, 3.8) is 0 Å². The van der Waals surface area contributed by atoms with Crippen LogP contribution in [0.4, 0.5) is 0 Å². The third-order valence-electron chi connectivity index (χ3n) is 2.56. The van der Waals surface area contributed by atoms with Gasteiger partial charge in [0.05, 0.1) is 0 Å². The fourth-order valence-corrected chi connectivity index (χ4v) is 1.48. The maximum Gasteiger partial charge on any atom is -0.0101 e. The Morgan fingerprint density at radius 2 is 1.67 bits per heavy atom. The Morgan fingerprint density at radius 1 is 0.933 bits per heavy atom. The van der Waals surface area contributed by atoms with E-state index in [0.29, 0.717) is 0 Å². The Morgan fingerprint density at radius 3 is 2.27 bits per heavy atom. The Labute approximate surface area is 95.8 Å². The molecular weight excluding hydrogens is 180 g/mol. The third-order valence-corrected chi connectivity index (χ3v) is 2.56. The Kier molecular flexibility index (Phi) is 9.26. The molecule has 0 bridgehead atoms. The molecule has 0 atom stereocenters. The molecule has 15 heavy (non-hydrogen) atoms. The molecule has 0 saturated carbocycles. The molecule has 0 saturated heterocycles. The summed E-state index contributed by atoms with van der Waals surface area (Å²) < 4.78 is 0. The molecule has 0 amide bonds. The molecule has 0 aromatic carbocycles. The van der Waals surface area contributed by atoms with E-state index >= 15 is 0 Å². The Hall–Kier alpha value is -0.780. The fraction of sp³-hybridized carbons (Fsp3) is 0.600. The monoisotopic (exact) mass is 206 g/mol. The standard InChI is InChI=1S/C15H26/c1-5-7-8-9-10-11-13-15(4)14(3)12-6-2/h10-11H,3-9,12-13H2,1-2H3/b11-10+. The Bertz CT molecular complexity index is 208. The van der Waals surface area contributed by atoms with Crippen LogP contribution in [0.15, 0.2) is 36.5 Å². The highest BCUT2D eigenvalue weighted by atomic mass is 14.0. The smallest absolute Gasteiger partial charge is 0.0101 e. The SMILES string of the molecule is C=C(C/C=C/CCCCC)C(=C)CCC. The van der Waals surface area contributed by atoms with Crippen LogP contribution in [0.2, 0.25) is 0 Å². The Balaban J connectivity index is 3.57. The van der Waals surface area contributed by atoms with Crippen molar-refractivity contribution in [3.8, 4) is 0 Å². The minimum atomic E-state index is 0.977. The number of rotatable bonds is 9. The summed E-state index contributed by atoms with van der Waals surface area (Å²) in [6.07, 6.45) is 12.9. The van der Waals surface area contributed by atoms with Crippen molar-refractivity contribution in [1.82, 2.24) is 0 Å². The maximum atomic E-state index is 4.06. The highest BCUT2D eigenvalue weighted by molar-refractivity contribution is 5.26. The first-order valence-corrected chi connectivity index (χ1v) is 6.23. The molecule has 0 nitrogen and oxygen atoms in total. The summed E-state index contributed by atoms with van der Waals surface area (Å²) in [6, 6.07) is 0. The van der Waals surface area contributed by atoms with Gasteiger partial charge in [0.25, 0.3) is 0 Å². The number of allylic oxidation sites excluding steroid dienone is 4. The number of hydrogen-bond acceptors (Lipinski definition) is 0. The van der Waals surface area contributed by atoms with Crippen LogP contribution in [0.3, 0.4) is 0 Å². The van der Waals surface area contributed by atoms with E-state index < -0.39 is 0 Å². The van der Waals surface area contributed by atoms with Crippen molar-refractivity contribution < 1.29 is 0 Å². The molecule has 0 N–H and O–H groups in total. The van der Waals surface area contributed by atoms with E-state index in [4.69, 9.17) is 0 Å². The average Bonchev–Trinajstić information content (AvgIpc) is 2.23. The van der Waals surface area contributed by atoms with Crippen LogP contribution >= 0.6 is 0 Å². The highest BCUT2D eigenvalue weighted by Crippen LogP contribution is 2.15. The molecule has 0 aliphatic carbocycles. The van der Waals surface area contributed by atoms with Gasteiger partial charge in [-0.25, -0.2) is 0 Å². The zero-order valence-electron chi connectivity index (χ0n) is 10.5. The average molecular weight is 206 g/mol. The molecule has 86 valence electrons. The van der Waals surface area contributed by atoms with Gasteiger partial charge in [0.1, 0.15) is 0 Å². The van der Waals surface area contributed by atoms with Crippen molar-refractivity contribution in [2.24, 2.45) is 0 Å². The minimum absolute atomic E-state index is 0.977. The summed E-state index contributed by atoms with van der Waals surface area (Å²) in [4.78, 5) is 0. The lowest BCUT2D eigenvalue weighted by molar-refractivity contribution is 0.728. The zero-order valence-corrected chi connectivity index (χ0v) is 10.5. The lowest BCUT2D eigenvalue weighted by Crippen LogP contribution is -1.84. The predicted molar refractivity (Wildman–Crippen MR) is 71.1 cm³/mol. The van der Waals surface area contributed by atoms with Gasteiger partial charge in [0, 0.05) is 0 Å². The van der Waals surface area contributed by atoms with Crippen molar-refractivity contribution in [2.45, 2.75) is 58.8 Å². The van der Waals surface area contributed by atoms with E-state index in [0.717, 1.165) is 19.3 Å².